The largest absolute Gasteiger partial charge is 0.461 e. The van der Waals surface area contributed by atoms with Crippen LogP contribution in [0.2, 0.25) is 0 Å². The third-order valence-electron chi connectivity index (χ3n) is 5.84. The van der Waals surface area contributed by atoms with E-state index in [0.717, 1.165) is 51.3 Å². The van der Waals surface area contributed by atoms with E-state index in [-0.39, 0.29) is 5.91 Å². The fourth-order valence-electron chi connectivity index (χ4n) is 4.03. The molecule has 0 radical (unpaired) electrons. The number of fused-ring (bicyclic) bond motifs is 1. The summed E-state index contributed by atoms with van der Waals surface area (Å²) >= 11 is 2.24. The Balaban J connectivity index is 1.56. The van der Waals surface area contributed by atoms with Crippen LogP contribution in [0.5, 0.6) is 0 Å². The van der Waals surface area contributed by atoms with Gasteiger partial charge in [0.15, 0.2) is 0 Å². The van der Waals surface area contributed by atoms with E-state index < -0.39 is 0 Å². The quantitative estimate of drug-likeness (QED) is 0.327. The molecule has 164 valence electrons. The van der Waals surface area contributed by atoms with Gasteiger partial charge in [-0.25, -0.2) is 0 Å². The summed E-state index contributed by atoms with van der Waals surface area (Å²) in [7, 11) is 2.22. The normalized spacial score (nSPS) is 14.0. The Morgan fingerprint density at radius 2 is 1.94 bits per heavy atom. The maximum atomic E-state index is 12.7. The molecule has 0 aliphatic heterocycles. The van der Waals surface area contributed by atoms with Crippen LogP contribution in [0.4, 0.5) is 5.69 Å². The molecule has 1 N–H and O–H groups in total. The van der Waals surface area contributed by atoms with E-state index in [1.54, 1.807) is 0 Å². The molecule has 1 aromatic heterocycles. The molecular formula is C26H31IN2O2. The lowest BCUT2D eigenvalue weighted by molar-refractivity contribution is 0.102. The van der Waals surface area contributed by atoms with Gasteiger partial charge in [0.05, 0.1) is 0 Å². The van der Waals surface area contributed by atoms with E-state index in [2.05, 4.69) is 59.8 Å². The summed E-state index contributed by atoms with van der Waals surface area (Å²) in [4.78, 5) is 15.1. The van der Waals surface area contributed by atoms with Crippen molar-refractivity contribution >= 4 is 45.2 Å². The number of hydrogen-bond acceptors (Lipinski definition) is 3. The number of carbonyl (C=O) groups excluding carboxylic acids is 1. The van der Waals surface area contributed by atoms with Crippen molar-refractivity contribution in [2.75, 3.05) is 25.5 Å². The molecule has 1 amide bonds. The standard InChI is InChI=1S/C26H31IN2O2/c1-17(2)14-25-22(12-13-29(3)16-18-4-5-18)23-15-21(10-11-24(23)31-25)28-26(30)19-6-8-20(27)9-7-19/h6-11,15,17-18H,4-5,12-14,16H2,1-3H3,(H,28,30). The van der Waals surface area contributed by atoms with Gasteiger partial charge in [0.1, 0.15) is 11.3 Å². The number of carbonyl (C=O) groups is 1. The maximum absolute atomic E-state index is 12.7. The summed E-state index contributed by atoms with van der Waals surface area (Å²) in [5.41, 5.74) is 3.66. The molecule has 2 aromatic carbocycles. The smallest absolute Gasteiger partial charge is 0.255 e. The number of amides is 1. The van der Waals surface area contributed by atoms with Gasteiger partial charge in [0, 0.05) is 45.3 Å². The number of rotatable bonds is 9. The number of halogens is 1. The number of likely N-dealkylation sites (N-methyl/N-ethyl adjacent to an activating group) is 1. The van der Waals surface area contributed by atoms with Crippen LogP contribution >= 0.6 is 22.6 Å². The average molecular weight is 530 g/mol. The van der Waals surface area contributed by atoms with Gasteiger partial charge in [-0.05, 0) is 103 Å². The summed E-state index contributed by atoms with van der Waals surface area (Å²) in [5.74, 6) is 2.42. The molecule has 1 aliphatic carbocycles. The molecule has 4 nitrogen and oxygen atoms in total. The van der Waals surface area contributed by atoms with Gasteiger partial charge < -0.3 is 14.6 Å². The van der Waals surface area contributed by atoms with Crippen molar-refractivity contribution in [1.29, 1.82) is 0 Å². The average Bonchev–Trinajstić information content (AvgIpc) is 3.47. The van der Waals surface area contributed by atoms with Crippen molar-refractivity contribution in [3.8, 4) is 0 Å². The lowest BCUT2D eigenvalue weighted by Gasteiger charge is -2.16. The van der Waals surface area contributed by atoms with Gasteiger partial charge in [-0.15, -0.1) is 0 Å². The molecule has 1 saturated carbocycles. The Kier molecular flexibility index (Phi) is 7.02. The first-order chi connectivity index (χ1) is 14.9. The molecule has 1 heterocycles. The third-order valence-corrected chi connectivity index (χ3v) is 6.56. The van der Waals surface area contributed by atoms with E-state index in [9.17, 15) is 4.79 Å². The van der Waals surface area contributed by atoms with Crippen LogP contribution in [-0.2, 0) is 12.8 Å². The summed E-state index contributed by atoms with van der Waals surface area (Å²) < 4.78 is 7.38. The SMILES string of the molecule is CC(C)Cc1oc2ccc(NC(=O)c3ccc(I)cc3)cc2c1CCN(C)CC1CC1. The van der Waals surface area contributed by atoms with Gasteiger partial charge in [-0.3, -0.25) is 4.79 Å². The third kappa shape index (κ3) is 5.89. The molecule has 1 fully saturated rings. The van der Waals surface area contributed by atoms with E-state index in [1.807, 2.05) is 36.4 Å². The highest BCUT2D eigenvalue weighted by atomic mass is 127. The monoisotopic (exact) mass is 530 g/mol. The number of anilines is 1. The number of furan rings is 1. The Bertz CT molecular complexity index is 1050. The van der Waals surface area contributed by atoms with Crippen LogP contribution in [0.25, 0.3) is 11.0 Å². The van der Waals surface area contributed by atoms with Crippen molar-refractivity contribution < 1.29 is 9.21 Å². The van der Waals surface area contributed by atoms with E-state index in [1.165, 1.54) is 24.9 Å². The minimum Gasteiger partial charge on any atom is -0.461 e. The van der Waals surface area contributed by atoms with E-state index in [4.69, 9.17) is 4.42 Å². The highest BCUT2D eigenvalue weighted by Gasteiger charge is 2.23. The van der Waals surface area contributed by atoms with Gasteiger partial charge in [-0.1, -0.05) is 13.8 Å². The van der Waals surface area contributed by atoms with E-state index >= 15 is 0 Å². The second-order valence-corrected chi connectivity index (χ2v) is 10.5. The second-order valence-electron chi connectivity index (χ2n) is 9.23. The Morgan fingerprint density at radius 3 is 2.61 bits per heavy atom. The maximum Gasteiger partial charge on any atom is 0.255 e. The van der Waals surface area contributed by atoms with Crippen molar-refractivity contribution in [3.05, 3.63) is 62.9 Å². The first-order valence-corrected chi connectivity index (χ1v) is 12.3. The molecule has 5 heteroatoms. The van der Waals surface area contributed by atoms with Crippen LogP contribution in [0.15, 0.2) is 46.9 Å². The van der Waals surface area contributed by atoms with Crippen LogP contribution < -0.4 is 5.32 Å². The van der Waals surface area contributed by atoms with Crippen molar-refractivity contribution in [2.45, 2.75) is 39.5 Å². The van der Waals surface area contributed by atoms with Crippen molar-refractivity contribution in [2.24, 2.45) is 11.8 Å². The first kappa shape index (κ1) is 22.3. The Labute approximate surface area is 198 Å². The second kappa shape index (κ2) is 9.74. The highest BCUT2D eigenvalue weighted by Crippen LogP contribution is 2.32. The summed E-state index contributed by atoms with van der Waals surface area (Å²) in [6, 6.07) is 13.6. The number of nitrogens with one attached hydrogen (secondary N) is 1. The van der Waals surface area contributed by atoms with Crippen LogP contribution in [0.3, 0.4) is 0 Å². The molecular weight excluding hydrogens is 499 g/mol. The lowest BCUT2D eigenvalue weighted by Crippen LogP contribution is -2.23. The number of hydrogen-bond donors (Lipinski definition) is 1. The zero-order valence-electron chi connectivity index (χ0n) is 18.6. The number of nitrogens with zero attached hydrogens (tertiary/aromatic N) is 1. The van der Waals surface area contributed by atoms with Crippen LogP contribution in [0.1, 0.15) is 48.4 Å². The van der Waals surface area contributed by atoms with Crippen LogP contribution in [0, 0.1) is 15.4 Å². The summed E-state index contributed by atoms with van der Waals surface area (Å²) in [5, 5.41) is 4.17. The van der Waals surface area contributed by atoms with Crippen molar-refractivity contribution in [1.82, 2.24) is 4.90 Å². The van der Waals surface area contributed by atoms with Gasteiger partial charge >= 0.3 is 0 Å². The fraction of sp³-hybridized carbons (Fsp3) is 0.423. The molecule has 4 rings (SSSR count). The van der Waals surface area contributed by atoms with E-state index in [0.29, 0.717) is 11.5 Å². The summed E-state index contributed by atoms with van der Waals surface area (Å²) in [6.07, 6.45) is 4.65. The topological polar surface area (TPSA) is 45.5 Å². The van der Waals surface area contributed by atoms with Gasteiger partial charge in [-0.2, -0.15) is 0 Å². The first-order valence-electron chi connectivity index (χ1n) is 11.2. The molecule has 0 unspecified atom stereocenters. The molecule has 0 atom stereocenters. The Hall–Kier alpha value is -1.86. The van der Waals surface area contributed by atoms with Crippen molar-refractivity contribution in [3.63, 3.8) is 0 Å². The van der Waals surface area contributed by atoms with Gasteiger partial charge in [0.25, 0.3) is 5.91 Å². The molecule has 31 heavy (non-hydrogen) atoms. The zero-order chi connectivity index (χ0) is 22.0. The molecule has 0 spiro atoms. The minimum absolute atomic E-state index is 0.0904. The number of benzene rings is 2. The molecule has 3 aromatic rings. The van der Waals surface area contributed by atoms with Gasteiger partial charge in [0.2, 0.25) is 0 Å². The molecule has 0 bridgehead atoms. The Morgan fingerprint density at radius 1 is 1.19 bits per heavy atom. The highest BCUT2D eigenvalue weighted by molar-refractivity contribution is 14.1. The fourth-order valence-corrected chi connectivity index (χ4v) is 4.39. The summed E-state index contributed by atoms with van der Waals surface area (Å²) in [6.45, 7) is 6.66. The van der Waals surface area contributed by atoms with Crippen LogP contribution in [-0.4, -0.2) is 30.9 Å². The molecule has 1 aliphatic rings. The molecule has 0 saturated heterocycles. The zero-order valence-corrected chi connectivity index (χ0v) is 20.7. The predicted molar refractivity (Wildman–Crippen MR) is 136 cm³/mol. The predicted octanol–water partition coefficient (Wildman–Crippen LogP) is 6.37. The lowest BCUT2D eigenvalue weighted by atomic mass is 10.0. The minimum atomic E-state index is -0.0904.